The average molecular weight is 313 g/mol. The van der Waals surface area contributed by atoms with Crippen LogP contribution in [0.1, 0.15) is 24.1 Å². The lowest BCUT2D eigenvalue weighted by Gasteiger charge is -2.26. The highest BCUT2D eigenvalue weighted by atomic mass is 19.1. The van der Waals surface area contributed by atoms with Gasteiger partial charge in [0, 0.05) is 7.05 Å². The molecule has 5 heteroatoms. The van der Waals surface area contributed by atoms with Gasteiger partial charge in [-0.1, -0.05) is 48.5 Å². The van der Waals surface area contributed by atoms with Crippen molar-refractivity contribution in [2.75, 3.05) is 7.05 Å². The van der Waals surface area contributed by atoms with Crippen molar-refractivity contribution in [2.45, 2.75) is 19.1 Å². The first-order chi connectivity index (χ1) is 11.0. The molecule has 4 nitrogen and oxygen atoms in total. The van der Waals surface area contributed by atoms with Crippen LogP contribution in [-0.2, 0) is 9.53 Å². The second-order valence-corrected chi connectivity index (χ2v) is 5.52. The van der Waals surface area contributed by atoms with Gasteiger partial charge in [0.2, 0.25) is 0 Å². The van der Waals surface area contributed by atoms with Crippen LogP contribution in [0.5, 0.6) is 0 Å². The van der Waals surface area contributed by atoms with E-state index in [9.17, 15) is 14.0 Å². The van der Waals surface area contributed by atoms with E-state index in [0.717, 1.165) is 22.3 Å². The second-order valence-electron chi connectivity index (χ2n) is 5.52. The van der Waals surface area contributed by atoms with E-state index < -0.39 is 18.2 Å². The molecular formula is C18H16FNO3. The zero-order chi connectivity index (χ0) is 16.6. The summed E-state index contributed by atoms with van der Waals surface area (Å²) in [5.41, 5.74) is 4.07. The fourth-order valence-electron chi connectivity index (χ4n) is 2.93. The maximum atomic E-state index is 12.6. The second kappa shape index (κ2) is 5.83. The number of fused-ring (bicyclic) bond motifs is 3. The third-order valence-corrected chi connectivity index (χ3v) is 4.07. The molecule has 1 amide bonds. The van der Waals surface area contributed by atoms with E-state index in [1.54, 1.807) is 7.05 Å². The molecule has 2 aromatic rings. The number of rotatable bonds is 3. The van der Waals surface area contributed by atoms with Crippen LogP contribution in [0.4, 0.5) is 9.18 Å². The summed E-state index contributed by atoms with van der Waals surface area (Å²) in [6, 6.07) is 13.6. The molecule has 0 heterocycles. The lowest BCUT2D eigenvalue weighted by atomic mass is 10.0. The van der Waals surface area contributed by atoms with Crippen molar-refractivity contribution in [1.29, 1.82) is 0 Å². The van der Waals surface area contributed by atoms with Crippen LogP contribution in [0.3, 0.4) is 0 Å². The molecule has 23 heavy (non-hydrogen) atoms. The van der Waals surface area contributed by atoms with Crippen LogP contribution in [0.2, 0.25) is 0 Å². The van der Waals surface area contributed by atoms with Gasteiger partial charge in [-0.25, -0.2) is 4.79 Å². The first-order valence-electron chi connectivity index (χ1n) is 7.31. The van der Waals surface area contributed by atoms with Gasteiger partial charge in [-0.05, 0) is 29.2 Å². The van der Waals surface area contributed by atoms with Crippen LogP contribution < -0.4 is 0 Å². The van der Waals surface area contributed by atoms with E-state index >= 15 is 0 Å². The lowest BCUT2D eigenvalue weighted by Crippen LogP contribution is -2.35. The molecule has 0 aliphatic heterocycles. The zero-order valence-corrected chi connectivity index (χ0v) is 12.8. The summed E-state index contributed by atoms with van der Waals surface area (Å²) >= 11 is 0. The maximum absolute atomic E-state index is 12.6. The maximum Gasteiger partial charge on any atom is 0.411 e. The summed E-state index contributed by atoms with van der Waals surface area (Å²) in [5.74, 6) is 0. The molecule has 0 saturated carbocycles. The van der Waals surface area contributed by atoms with Gasteiger partial charge in [-0.2, -0.15) is 4.39 Å². The van der Waals surface area contributed by atoms with Crippen LogP contribution in [0, 0.1) is 0 Å². The van der Waals surface area contributed by atoms with Crippen molar-refractivity contribution in [1.82, 2.24) is 4.90 Å². The highest BCUT2D eigenvalue weighted by Crippen LogP contribution is 2.45. The van der Waals surface area contributed by atoms with Crippen molar-refractivity contribution < 1.29 is 18.7 Å². The summed E-state index contributed by atoms with van der Waals surface area (Å²) in [5, 5.41) is 0. The number of carbonyl (C=O) groups excluding carboxylic acids is 2. The van der Waals surface area contributed by atoms with Crippen LogP contribution in [0.15, 0.2) is 48.5 Å². The Bertz CT molecular complexity index is 729. The standard InChI is InChI=1S/C18H16FNO3/c1-11(17(19)21)23-18(22)20(2)16-14-9-5-3-7-12(14)13-8-4-6-10-15(13)16/h3-11,16H,1-2H3. The number of carbonyl (C=O) groups is 2. The fourth-order valence-corrected chi connectivity index (χ4v) is 2.93. The number of nitrogens with zero attached hydrogens (tertiary/aromatic N) is 1. The minimum atomic E-state index is -1.67. The van der Waals surface area contributed by atoms with Crippen LogP contribution in [0.25, 0.3) is 11.1 Å². The van der Waals surface area contributed by atoms with Gasteiger partial charge in [-0.15, -0.1) is 0 Å². The number of hydrogen-bond acceptors (Lipinski definition) is 3. The molecule has 0 aromatic heterocycles. The number of ether oxygens (including phenoxy) is 1. The first-order valence-corrected chi connectivity index (χ1v) is 7.31. The van der Waals surface area contributed by atoms with Gasteiger partial charge in [0.05, 0.1) is 6.04 Å². The molecule has 1 aliphatic rings. The molecule has 118 valence electrons. The van der Waals surface area contributed by atoms with E-state index in [0.29, 0.717) is 0 Å². The Morgan fingerprint density at radius 1 is 1.04 bits per heavy atom. The average Bonchev–Trinajstić information content (AvgIpc) is 2.88. The molecule has 3 rings (SSSR count). The van der Waals surface area contributed by atoms with Gasteiger partial charge >= 0.3 is 12.1 Å². The molecule has 0 N–H and O–H groups in total. The van der Waals surface area contributed by atoms with Gasteiger partial charge < -0.3 is 9.64 Å². The van der Waals surface area contributed by atoms with Crippen molar-refractivity contribution in [3.63, 3.8) is 0 Å². The van der Waals surface area contributed by atoms with Crippen molar-refractivity contribution in [3.8, 4) is 11.1 Å². The van der Waals surface area contributed by atoms with Gasteiger partial charge in [0.15, 0.2) is 6.10 Å². The summed E-state index contributed by atoms with van der Waals surface area (Å²) in [7, 11) is 1.58. The Morgan fingerprint density at radius 2 is 1.52 bits per heavy atom. The highest BCUT2D eigenvalue weighted by Gasteiger charge is 2.34. The fraction of sp³-hybridized carbons (Fsp3) is 0.222. The first kappa shape index (κ1) is 15.2. The van der Waals surface area contributed by atoms with Crippen LogP contribution in [-0.4, -0.2) is 30.2 Å². The monoisotopic (exact) mass is 313 g/mol. The molecule has 1 unspecified atom stereocenters. The smallest absolute Gasteiger partial charge is 0.411 e. The number of amides is 1. The van der Waals surface area contributed by atoms with E-state index in [1.807, 2.05) is 48.5 Å². The largest absolute Gasteiger partial charge is 0.435 e. The van der Waals surface area contributed by atoms with Crippen molar-refractivity contribution >= 4 is 12.1 Å². The molecule has 0 fully saturated rings. The Morgan fingerprint density at radius 3 is 2.00 bits per heavy atom. The third kappa shape index (κ3) is 2.59. The quantitative estimate of drug-likeness (QED) is 0.812. The predicted molar refractivity (Wildman–Crippen MR) is 83.5 cm³/mol. The number of halogens is 1. The molecule has 2 aromatic carbocycles. The van der Waals surface area contributed by atoms with E-state index in [4.69, 9.17) is 4.74 Å². The number of hydrogen-bond donors (Lipinski definition) is 0. The summed E-state index contributed by atoms with van der Waals surface area (Å²) < 4.78 is 17.5. The molecule has 0 saturated heterocycles. The SMILES string of the molecule is CC(OC(=O)N(C)C1c2ccccc2-c2ccccc21)C(=O)F. The molecule has 1 aliphatic carbocycles. The molecule has 0 bridgehead atoms. The Kier molecular flexibility index (Phi) is 3.86. The van der Waals surface area contributed by atoms with Crippen LogP contribution >= 0.6 is 0 Å². The van der Waals surface area contributed by atoms with Gasteiger partial charge in [0.25, 0.3) is 0 Å². The van der Waals surface area contributed by atoms with Crippen molar-refractivity contribution in [2.24, 2.45) is 0 Å². The summed E-state index contributed by atoms with van der Waals surface area (Å²) in [6.07, 6.45) is -2.14. The zero-order valence-electron chi connectivity index (χ0n) is 12.8. The van der Waals surface area contributed by atoms with E-state index in [2.05, 4.69) is 0 Å². The normalized spacial score (nSPS) is 13.9. The molecule has 0 radical (unpaired) electrons. The minimum absolute atomic E-state index is 0.322. The van der Waals surface area contributed by atoms with E-state index in [-0.39, 0.29) is 6.04 Å². The van der Waals surface area contributed by atoms with Gasteiger partial charge in [-0.3, -0.25) is 4.79 Å². The lowest BCUT2D eigenvalue weighted by molar-refractivity contribution is -0.138. The minimum Gasteiger partial charge on any atom is -0.435 e. The summed E-state index contributed by atoms with van der Waals surface area (Å²) in [4.78, 5) is 24.3. The van der Waals surface area contributed by atoms with Gasteiger partial charge in [0.1, 0.15) is 0 Å². The van der Waals surface area contributed by atoms with E-state index in [1.165, 1.54) is 11.8 Å². The Hall–Kier alpha value is -2.69. The molecule has 1 atom stereocenters. The topological polar surface area (TPSA) is 46.6 Å². The number of benzene rings is 2. The third-order valence-electron chi connectivity index (χ3n) is 4.07. The predicted octanol–water partition coefficient (Wildman–Crippen LogP) is 3.71. The highest BCUT2D eigenvalue weighted by molar-refractivity contribution is 5.82. The molecular weight excluding hydrogens is 297 g/mol. The Labute approximate surface area is 133 Å². The van der Waals surface area contributed by atoms with Crippen molar-refractivity contribution in [3.05, 3.63) is 59.7 Å². The Balaban J connectivity index is 1.96. The molecule has 0 spiro atoms. The summed E-state index contributed by atoms with van der Waals surface area (Å²) in [6.45, 7) is 1.21.